The maximum absolute atomic E-state index is 12.1. The Morgan fingerprint density at radius 3 is 2.85 bits per heavy atom. The summed E-state index contributed by atoms with van der Waals surface area (Å²) in [7, 11) is 2.14. The van der Waals surface area contributed by atoms with E-state index in [1.165, 1.54) is 11.3 Å². The molecule has 6 heteroatoms. The SMILES string of the molecule is CC1CN(C)CCN1c1cc(N)c(C(=O)NC2CC2)s1. The highest BCUT2D eigenvalue weighted by Crippen LogP contribution is 2.34. The van der Waals surface area contributed by atoms with E-state index in [1.54, 1.807) is 0 Å². The minimum Gasteiger partial charge on any atom is -0.397 e. The summed E-state index contributed by atoms with van der Waals surface area (Å²) in [6.45, 7) is 5.30. The topological polar surface area (TPSA) is 61.6 Å². The molecule has 1 atom stereocenters. The van der Waals surface area contributed by atoms with E-state index in [-0.39, 0.29) is 5.91 Å². The van der Waals surface area contributed by atoms with Crippen LogP contribution < -0.4 is 16.0 Å². The number of rotatable bonds is 3. The summed E-state index contributed by atoms with van der Waals surface area (Å²) in [5.74, 6) is -0.0111. The van der Waals surface area contributed by atoms with Crippen molar-refractivity contribution in [2.45, 2.75) is 31.8 Å². The molecule has 1 aliphatic heterocycles. The molecule has 1 amide bonds. The number of nitrogens with zero attached hydrogens (tertiary/aromatic N) is 2. The number of nitrogens with two attached hydrogens (primary N) is 1. The second-order valence-corrected chi connectivity index (χ2v) is 6.95. The molecule has 1 aliphatic carbocycles. The first kappa shape index (κ1) is 13.7. The van der Waals surface area contributed by atoms with Gasteiger partial charge in [-0.05, 0) is 32.9 Å². The van der Waals surface area contributed by atoms with Gasteiger partial charge in [0.1, 0.15) is 4.88 Å². The molecule has 1 saturated heterocycles. The number of thiophene rings is 1. The van der Waals surface area contributed by atoms with E-state index in [1.807, 2.05) is 6.07 Å². The fraction of sp³-hybridized carbons (Fsp3) is 0.643. The van der Waals surface area contributed by atoms with Gasteiger partial charge in [-0.1, -0.05) is 0 Å². The van der Waals surface area contributed by atoms with Crippen molar-refractivity contribution in [2.24, 2.45) is 0 Å². The van der Waals surface area contributed by atoms with E-state index in [9.17, 15) is 4.79 Å². The molecule has 0 radical (unpaired) electrons. The molecule has 1 saturated carbocycles. The number of hydrogen-bond donors (Lipinski definition) is 2. The van der Waals surface area contributed by atoms with Crippen molar-refractivity contribution < 1.29 is 4.79 Å². The Bertz CT molecular complexity index is 511. The lowest BCUT2D eigenvalue weighted by Gasteiger charge is -2.38. The Kier molecular flexibility index (Phi) is 3.60. The summed E-state index contributed by atoms with van der Waals surface area (Å²) >= 11 is 1.52. The average Bonchev–Trinajstić information content (AvgIpc) is 3.10. The molecule has 2 fully saturated rings. The predicted octanol–water partition coefficient (Wildman–Crippen LogP) is 1.36. The van der Waals surface area contributed by atoms with Crippen LogP contribution in [0.4, 0.5) is 10.7 Å². The molecule has 110 valence electrons. The van der Waals surface area contributed by atoms with Crippen molar-refractivity contribution in [2.75, 3.05) is 37.3 Å². The fourth-order valence-corrected chi connectivity index (χ4v) is 3.77. The molecule has 3 N–H and O–H groups in total. The summed E-state index contributed by atoms with van der Waals surface area (Å²) in [4.78, 5) is 17.5. The quantitative estimate of drug-likeness (QED) is 0.884. The summed E-state index contributed by atoms with van der Waals surface area (Å²) < 4.78 is 0. The second-order valence-electron chi connectivity index (χ2n) is 5.92. The first-order chi connectivity index (χ1) is 9.54. The molecule has 0 bridgehead atoms. The van der Waals surface area contributed by atoms with Gasteiger partial charge >= 0.3 is 0 Å². The van der Waals surface area contributed by atoms with E-state index < -0.39 is 0 Å². The van der Waals surface area contributed by atoms with Crippen LogP contribution in [0.25, 0.3) is 0 Å². The van der Waals surface area contributed by atoms with Crippen molar-refractivity contribution in [1.29, 1.82) is 0 Å². The number of nitrogens with one attached hydrogen (secondary N) is 1. The van der Waals surface area contributed by atoms with Gasteiger partial charge in [0.05, 0.1) is 10.7 Å². The number of nitrogen functional groups attached to an aromatic ring is 1. The summed E-state index contributed by atoms with van der Waals surface area (Å²) in [5.41, 5.74) is 6.64. The Labute approximate surface area is 123 Å². The number of likely N-dealkylation sites (N-methyl/N-ethyl adjacent to an activating group) is 1. The minimum absolute atomic E-state index is 0.0111. The second kappa shape index (κ2) is 5.26. The summed E-state index contributed by atoms with van der Waals surface area (Å²) in [6.07, 6.45) is 2.19. The van der Waals surface area contributed by atoms with Gasteiger partial charge < -0.3 is 20.9 Å². The minimum atomic E-state index is -0.0111. The van der Waals surface area contributed by atoms with Crippen LogP contribution >= 0.6 is 11.3 Å². The van der Waals surface area contributed by atoms with Gasteiger partial charge in [0, 0.05) is 31.7 Å². The number of hydrogen-bond acceptors (Lipinski definition) is 5. The highest BCUT2D eigenvalue weighted by Gasteiger charge is 2.28. The van der Waals surface area contributed by atoms with Gasteiger partial charge in [-0.25, -0.2) is 0 Å². The zero-order valence-electron chi connectivity index (χ0n) is 12.1. The molecule has 5 nitrogen and oxygen atoms in total. The van der Waals surface area contributed by atoms with Crippen LogP contribution in [0.1, 0.15) is 29.4 Å². The highest BCUT2D eigenvalue weighted by molar-refractivity contribution is 7.18. The third-order valence-corrected chi connectivity index (χ3v) is 5.17. The third-order valence-electron chi connectivity index (χ3n) is 3.98. The summed E-state index contributed by atoms with van der Waals surface area (Å²) in [6, 6.07) is 2.77. The van der Waals surface area contributed by atoms with Crippen LogP contribution in [0.3, 0.4) is 0 Å². The maximum atomic E-state index is 12.1. The molecule has 1 aromatic rings. The van der Waals surface area contributed by atoms with E-state index in [0.717, 1.165) is 37.5 Å². The zero-order valence-corrected chi connectivity index (χ0v) is 12.9. The van der Waals surface area contributed by atoms with Crippen LogP contribution in [-0.2, 0) is 0 Å². The van der Waals surface area contributed by atoms with Crippen LogP contribution in [0.5, 0.6) is 0 Å². The zero-order chi connectivity index (χ0) is 14.3. The van der Waals surface area contributed by atoms with Crippen LogP contribution in [-0.4, -0.2) is 49.6 Å². The molecule has 0 spiro atoms. The molecule has 1 unspecified atom stereocenters. The molecule has 2 aliphatic rings. The fourth-order valence-electron chi connectivity index (χ4n) is 2.66. The lowest BCUT2D eigenvalue weighted by Crippen LogP contribution is -2.50. The first-order valence-electron chi connectivity index (χ1n) is 7.20. The van der Waals surface area contributed by atoms with Crippen molar-refractivity contribution in [3.05, 3.63) is 10.9 Å². The van der Waals surface area contributed by atoms with Crippen LogP contribution in [0, 0.1) is 0 Å². The van der Waals surface area contributed by atoms with Gasteiger partial charge in [0.25, 0.3) is 5.91 Å². The average molecular weight is 294 g/mol. The lowest BCUT2D eigenvalue weighted by molar-refractivity contribution is 0.0956. The van der Waals surface area contributed by atoms with Crippen molar-refractivity contribution in [1.82, 2.24) is 10.2 Å². The Morgan fingerprint density at radius 2 is 2.20 bits per heavy atom. The molecule has 0 aromatic carbocycles. The van der Waals surface area contributed by atoms with E-state index in [0.29, 0.717) is 22.6 Å². The van der Waals surface area contributed by atoms with Crippen molar-refractivity contribution >= 4 is 27.9 Å². The third kappa shape index (κ3) is 2.76. The molecule has 2 heterocycles. The number of amides is 1. The van der Waals surface area contributed by atoms with Gasteiger partial charge in [-0.2, -0.15) is 0 Å². The summed E-state index contributed by atoms with van der Waals surface area (Å²) in [5, 5.41) is 4.13. The van der Waals surface area contributed by atoms with Crippen LogP contribution in [0.2, 0.25) is 0 Å². The molecule has 20 heavy (non-hydrogen) atoms. The molecule has 3 rings (SSSR count). The van der Waals surface area contributed by atoms with E-state index in [2.05, 4.69) is 29.1 Å². The molecular formula is C14H22N4OS. The predicted molar refractivity (Wildman–Crippen MR) is 83.5 cm³/mol. The van der Waals surface area contributed by atoms with Gasteiger partial charge in [-0.3, -0.25) is 4.79 Å². The normalized spacial score (nSPS) is 23.9. The number of carbonyl (C=O) groups excluding carboxylic acids is 1. The molecule has 1 aromatic heterocycles. The Morgan fingerprint density at radius 1 is 1.45 bits per heavy atom. The monoisotopic (exact) mass is 294 g/mol. The Balaban J connectivity index is 1.75. The van der Waals surface area contributed by atoms with Gasteiger partial charge in [-0.15, -0.1) is 11.3 Å². The standard InChI is InChI=1S/C14H22N4OS/c1-9-8-17(2)5-6-18(9)12-7-11(15)13(20-12)14(19)16-10-3-4-10/h7,9-10H,3-6,8,15H2,1-2H3,(H,16,19). The largest absolute Gasteiger partial charge is 0.397 e. The molecular weight excluding hydrogens is 272 g/mol. The van der Waals surface area contributed by atoms with Crippen LogP contribution in [0.15, 0.2) is 6.07 Å². The number of piperazine rings is 1. The van der Waals surface area contributed by atoms with E-state index in [4.69, 9.17) is 5.73 Å². The van der Waals surface area contributed by atoms with Crippen molar-refractivity contribution in [3.8, 4) is 0 Å². The van der Waals surface area contributed by atoms with Crippen molar-refractivity contribution in [3.63, 3.8) is 0 Å². The van der Waals surface area contributed by atoms with Gasteiger partial charge in [0.2, 0.25) is 0 Å². The Hall–Kier alpha value is -1.27. The van der Waals surface area contributed by atoms with E-state index >= 15 is 0 Å². The number of carbonyl (C=O) groups is 1. The number of anilines is 2. The first-order valence-corrected chi connectivity index (χ1v) is 8.01. The highest BCUT2D eigenvalue weighted by atomic mass is 32.1. The smallest absolute Gasteiger partial charge is 0.263 e. The maximum Gasteiger partial charge on any atom is 0.263 e. The lowest BCUT2D eigenvalue weighted by atomic mass is 10.2. The van der Waals surface area contributed by atoms with Gasteiger partial charge in [0.15, 0.2) is 0 Å².